The van der Waals surface area contributed by atoms with Gasteiger partial charge in [-0.25, -0.2) is 0 Å². The van der Waals surface area contributed by atoms with Gasteiger partial charge in [0.1, 0.15) is 0 Å². The molecule has 1 aliphatic heterocycles. The van der Waals surface area contributed by atoms with Gasteiger partial charge in [-0.1, -0.05) is 6.07 Å². The van der Waals surface area contributed by atoms with Crippen LogP contribution in [0.3, 0.4) is 0 Å². The lowest BCUT2D eigenvalue weighted by molar-refractivity contribution is -0.153. The van der Waals surface area contributed by atoms with Crippen LogP contribution in [0.4, 0.5) is 0 Å². The van der Waals surface area contributed by atoms with E-state index in [1.165, 1.54) is 6.92 Å². The van der Waals surface area contributed by atoms with Crippen molar-refractivity contribution in [2.75, 3.05) is 6.79 Å². The standard InChI is InChI=1S/C13H15NO5/c1-8(13(14)16)19-12(15)5-3-9-2-4-10-11(6-9)18-7-17-10/h2,4,6,8H,3,5,7H2,1H3,(H2,14,16)/t8-/m1/s1. The Kier molecular flexibility index (Phi) is 3.89. The molecular weight excluding hydrogens is 250 g/mol. The molecule has 0 fully saturated rings. The van der Waals surface area contributed by atoms with Crippen molar-refractivity contribution < 1.29 is 23.8 Å². The zero-order valence-corrected chi connectivity index (χ0v) is 10.5. The highest BCUT2D eigenvalue weighted by Crippen LogP contribution is 2.32. The maximum absolute atomic E-state index is 11.5. The fourth-order valence-electron chi connectivity index (χ4n) is 1.66. The molecule has 0 aromatic heterocycles. The third-order valence-electron chi connectivity index (χ3n) is 2.76. The molecule has 1 aromatic rings. The first-order chi connectivity index (χ1) is 9.06. The van der Waals surface area contributed by atoms with Gasteiger partial charge < -0.3 is 19.9 Å². The Balaban J connectivity index is 1.85. The van der Waals surface area contributed by atoms with E-state index in [0.717, 1.165) is 5.56 Å². The van der Waals surface area contributed by atoms with E-state index in [2.05, 4.69) is 0 Å². The molecule has 2 rings (SSSR count). The molecule has 0 spiro atoms. The molecule has 0 aliphatic carbocycles. The second-order valence-electron chi connectivity index (χ2n) is 4.22. The van der Waals surface area contributed by atoms with E-state index in [1.807, 2.05) is 12.1 Å². The Morgan fingerprint density at radius 1 is 1.37 bits per heavy atom. The van der Waals surface area contributed by atoms with Gasteiger partial charge in [-0.15, -0.1) is 0 Å². The summed E-state index contributed by atoms with van der Waals surface area (Å²) >= 11 is 0. The van der Waals surface area contributed by atoms with Crippen LogP contribution in [0.25, 0.3) is 0 Å². The van der Waals surface area contributed by atoms with Crippen LogP contribution < -0.4 is 15.2 Å². The van der Waals surface area contributed by atoms with Gasteiger partial charge in [0.05, 0.1) is 0 Å². The van der Waals surface area contributed by atoms with Gasteiger partial charge in [-0.2, -0.15) is 0 Å². The Bertz CT molecular complexity index is 500. The molecule has 1 aliphatic rings. The summed E-state index contributed by atoms with van der Waals surface area (Å²) in [7, 11) is 0. The summed E-state index contributed by atoms with van der Waals surface area (Å²) in [5.74, 6) is 0.269. The largest absolute Gasteiger partial charge is 0.454 e. The van der Waals surface area contributed by atoms with Gasteiger partial charge in [0.15, 0.2) is 17.6 Å². The third kappa shape index (κ3) is 3.37. The minimum absolute atomic E-state index is 0.178. The van der Waals surface area contributed by atoms with Crippen LogP contribution >= 0.6 is 0 Å². The van der Waals surface area contributed by atoms with Gasteiger partial charge in [-0.05, 0) is 31.0 Å². The van der Waals surface area contributed by atoms with Crippen LogP contribution in [0, 0.1) is 0 Å². The quantitative estimate of drug-likeness (QED) is 0.794. The van der Waals surface area contributed by atoms with Crippen molar-refractivity contribution in [3.63, 3.8) is 0 Å². The Labute approximate surface area is 110 Å². The summed E-state index contributed by atoms with van der Waals surface area (Å²) in [6, 6.07) is 5.49. The van der Waals surface area contributed by atoms with Crippen molar-refractivity contribution in [3.05, 3.63) is 23.8 Å². The second kappa shape index (κ2) is 5.60. The number of hydrogen-bond acceptors (Lipinski definition) is 5. The number of ether oxygens (including phenoxy) is 3. The number of rotatable bonds is 5. The molecule has 1 aromatic carbocycles. The van der Waals surface area contributed by atoms with E-state index >= 15 is 0 Å². The monoisotopic (exact) mass is 265 g/mol. The highest BCUT2D eigenvalue weighted by atomic mass is 16.7. The van der Waals surface area contributed by atoms with Crippen molar-refractivity contribution in [2.45, 2.75) is 25.9 Å². The normalized spacial score (nSPS) is 13.9. The molecule has 2 N–H and O–H groups in total. The molecule has 102 valence electrons. The maximum Gasteiger partial charge on any atom is 0.306 e. The molecular formula is C13H15NO5. The van der Waals surface area contributed by atoms with E-state index in [9.17, 15) is 9.59 Å². The predicted molar refractivity (Wildman–Crippen MR) is 65.6 cm³/mol. The number of esters is 1. The molecule has 1 amide bonds. The minimum atomic E-state index is -0.899. The average molecular weight is 265 g/mol. The number of carbonyl (C=O) groups excluding carboxylic acids is 2. The van der Waals surface area contributed by atoms with Crippen LogP contribution in [0.2, 0.25) is 0 Å². The third-order valence-corrected chi connectivity index (χ3v) is 2.76. The summed E-state index contributed by atoms with van der Waals surface area (Å²) in [4.78, 5) is 22.2. The van der Waals surface area contributed by atoms with Gasteiger partial charge in [0.2, 0.25) is 6.79 Å². The fourth-order valence-corrected chi connectivity index (χ4v) is 1.66. The summed E-state index contributed by atoms with van der Waals surface area (Å²) in [5.41, 5.74) is 5.94. The van der Waals surface area contributed by atoms with E-state index in [-0.39, 0.29) is 13.2 Å². The topological polar surface area (TPSA) is 87.8 Å². The number of nitrogens with two attached hydrogens (primary N) is 1. The summed E-state index contributed by atoms with van der Waals surface area (Å²) in [6.07, 6.45) is -0.220. The molecule has 6 heteroatoms. The molecule has 1 atom stereocenters. The predicted octanol–water partition coefficient (Wildman–Crippen LogP) is 0.765. The van der Waals surface area contributed by atoms with E-state index in [1.54, 1.807) is 6.07 Å². The summed E-state index contributed by atoms with van der Waals surface area (Å²) in [5, 5.41) is 0. The van der Waals surface area contributed by atoms with Crippen LogP contribution in [-0.2, 0) is 20.7 Å². The van der Waals surface area contributed by atoms with Gasteiger partial charge >= 0.3 is 5.97 Å². The zero-order chi connectivity index (χ0) is 13.8. The van der Waals surface area contributed by atoms with E-state index in [4.69, 9.17) is 19.9 Å². The van der Waals surface area contributed by atoms with Crippen molar-refractivity contribution in [1.82, 2.24) is 0 Å². The van der Waals surface area contributed by atoms with Crippen LogP contribution in [0.5, 0.6) is 11.5 Å². The number of amides is 1. The molecule has 0 unspecified atom stereocenters. The molecule has 0 radical (unpaired) electrons. The number of aryl methyl sites for hydroxylation is 1. The number of fused-ring (bicyclic) bond motifs is 1. The van der Waals surface area contributed by atoms with E-state index in [0.29, 0.717) is 17.9 Å². The zero-order valence-electron chi connectivity index (χ0n) is 10.5. The van der Waals surface area contributed by atoms with Crippen molar-refractivity contribution in [2.24, 2.45) is 5.73 Å². The van der Waals surface area contributed by atoms with Crippen molar-refractivity contribution in [3.8, 4) is 11.5 Å². The smallest absolute Gasteiger partial charge is 0.306 e. The number of carbonyl (C=O) groups is 2. The van der Waals surface area contributed by atoms with Gasteiger partial charge in [0, 0.05) is 6.42 Å². The lowest BCUT2D eigenvalue weighted by Gasteiger charge is -2.09. The first-order valence-electron chi connectivity index (χ1n) is 5.93. The molecule has 0 saturated carbocycles. The van der Waals surface area contributed by atoms with Crippen molar-refractivity contribution in [1.29, 1.82) is 0 Å². The Hall–Kier alpha value is -2.24. The summed E-state index contributed by atoms with van der Waals surface area (Å²) < 4.78 is 15.3. The second-order valence-corrected chi connectivity index (χ2v) is 4.22. The SMILES string of the molecule is C[C@@H](OC(=O)CCc1ccc2c(c1)OCO2)C(N)=O. The minimum Gasteiger partial charge on any atom is -0.454 e. The lowest BCUT2D eigenvalue weighted by Crippen LogP contribution is -2.30. The maximum atomic E-state index is 11.5. The van der Waals surface area contributed by atoms with E-state index < -0.39 is 18.0 Å². The molecule has 0 saturated heterocycles. The van der Waals surface area contributed by atoms with Gasteiger partial charge in [-0.3, -0.25) is 9.59 Å². The number of hydrogen-bond donors (Lipinski definition) is 1. The van der Waals surface area contributed by atoms with Gasteiger partial charge in [0.25, 0.3) is 5.91 Å². The molecule has 1 heterocycles. The fraction of sp³-hybridized carbons (Fsp3) is 0.385. The van der Waals surface area contributed by atoms with Crippen LogP contribution in [-0.4, -0.2) is 24.8 Å². The number of primary amides is 1. The lowest BCUT2D eigenvalue weighted by atomic mass is 10.1. The number of benzene rings is 1. The molecule has 19 heavy (non-hydrogen) atoms. The highest BCUT2D eigenvalue weighted by molar-refractivity contribution is 5.81. The molecule has 6 nitrogen and oxygen atoms in total. The van der Waals surface area contributed by atoms with Crippen LogP contribution in [0.1, 0.15) is 18.9 Å². The van der Waals surface area contributed by atoms with Crippen LogP contribution in [0.15, 0.2) is 18.2 Å². The molecule has 0 bridgehead atoms. The first kappa shape index (κ1) is 13.2. The Morgan fingerprint density at radius 2 is 2.11 bits per heavy atom. The first-order valence-corrected chi connectivity index (χ1v) is 5.93. The highest BCUT2D eigenvalue weighted by Gasteiger charge is 2.16. The van der Waals surface area contributed by atoms with Crippen molar-refractivity contribution >= 4 is 11.9 Å². The average Bonchev–Trinajstić information content (AvgIpc) is 2.83. The summed E-state index contributed by atoms with van der Waals surface area (Å²) in [6.45, 7) is 1.66. The Morgan fingerprint density at radius 3 is 2.84 bits per heavy atom.